The van der Waals surface area contributed by atoms with Gasteiger partial charge >= 0.3 is 0 Å². The van der Waals surface area contributed by atoms with Gasteiger partial charge < -0.3 is 0 Å². The van der Waals surface area contributed by atoms with Gasteiger partial charge in [0, 0.05) is 0 Å². The maximum absolute atomic E-state index is 10.7. The van der Waals surface area contributed by atoms with Crippen LogP contribution in [0.4, 0.5) is 0 Å². The van der Waals surface area contributed by atoms with Crippen molar-refractivity contribution in [1.29, 1.82) is 0 Å². The van der Waals surface area contributed by atoms with E-state index in [0.29, 0.717) is 0 Å². The minimum Gasteiger partial charge on any atom is -0.211 e. The summed E-state index contributed by atoms with van der Waals surface area (Å²) < 4.78 is 0. The Morgan fingerprint density at radius 1 is 0.500 bits per heavy atom. The fourth-order valence-corrected chi connectivity index (χ4v) is 4.08. The normalized spacial score (nSPS) is 11.1. The lowest BCUT2D eigenvalue weighted by molar-refractivity contribution is 0.475. The van der Waals surface area contributed by atoms with Crippen molar-refractivity contribution in [1.82, 2.24) is 0 Å². The Labute approximate surface area is 177 Å². The Morgan fingerprint density at radius 2 is 0.786 bits per heavy atom. The van der Waals surface area contributed by atoms with Crippen molar-refractivity contribution in [2.24, 2.45) is 4.99 Å². The van der Waals surface area contributed by atoms with E-state index < -0.39 is 0 Å². The molecule has 2 heteroatoms. The highest BCUT2D eigenvalue weighted by atomic mass is 16.1. The van der Waals surface area contributed by atoms with E-state index in [2.05, 4.69) is 18.8 Å². The quantitative estimate of drug-likeness (QED) is 0.0965. The second-order valence-electron chi connectivity index (χ2n) is 8.82. The van der Waals surface area contributed by atoms with Gasteiger partial charge in [0.25, 0.3) is 0 Å². The van der Waals surface area contributed by atoms with Gasteiger partial charge in [-0.05, 0) is 12.8 Å². The molecule has 0 aromatic heterocycles. The first-order valence-electron chi connectivity index (χ1n) is 12.9. The van der Waals surface area contributed by atoms with Crippen molar-refractivity contribution >= 4 is 6.08 Å². The number of hydrogen-bond donors (Lipinski definition) is 0. The molecule has 0 aliphatic carbocycles. The molecule has 0 unspecified atom stereocenters. The molecule has 0 spiro atoms. The summed E-state index contributed by atoms with van der Waals surface area (Å²) in [6.45, 7) is 4.55. The van der Waals surface area contributed by atoms with Crippen LogP contribution < -0.4 is 0 Å². The molecule has 0 saturated heterocycles. The molecule has 2 nitrogen and oxygen atoms in total. The van der Waals surface area contributed by atoms with Crippen molar-refractivity contribution in [2.75, 3.05) is 0 Å². The van der Waals surface area contributed by atoms with E-state index in [4.69, 9.17) is 0 Å². The molecule has 0 aromatic carbocycles. The summed E-state index contributed by atoms with van der Waals surface area (Å²) in [5.74, 6) is 0. The molecule has 0 aromatic rings. The van der Waals surface area contributed by atoms with Gasteiger partial charge in [-0.1, -0.05) is 142 Å². The van der Waals surface area contributed by atoms with Gasteiger partial charge in [0.2, 0.25) is 6.08 Å². The van der Waals surface area contributed by atoms with Crippen molar-refractivity contribution in [2.45, 2.75) is 161 Å². The van der Waals surface area contributed by atoms with Gasteiger partial charge in [-0.2, -0.15) is 0 Å². The summed E-state index contributed by atoms with van der Waals surface area (Å²) in [5.41, 5.74) is 0. The average molecular weight is 394 g/mol. The fourth-order valence-electron chi connectivity index (χ4n) is 4.08. The summed E-state index contributed by atoms with van der Waals surface area (Å²) in [5, 5.41) is 0. The zero-order chi connectivity index (χ0) is 20.5. The van der Waals surface area contributed by atoms with Crippen molar-refractivity contribution in [3.05, 3.63) is 0 Å². The number of carbonyl (C=O) groups excluding carboxylic acids is 1. The number of unbranched alkanes of at least 4 members (excludes halogenated alkanes) is 18. The molecule has 0 N–H and O–H groups in total. The Balaban J connectivity index is 3.45. The second-order valence-corrected chi connectivity index (χ2v) is 8.82. The lowest BCUT2D eigenvalue weighted by Gasteiger charge is -2.10. The van der Waals surface area contributed by atoms with Crippen LogP contribution in [0.2, 0.25) is 0 Å². The van der Waals surface area contributed by atoms with Crippen LogP contribution in [-0.4, -0.2) is 12.1 Å². The van der Waals surface area contributed by atoms with Gasteiger partial charge in [0.1, 0.15) is 0 Å². The van der Waals surface area contributed by atoms with E-state index in [-0.39, 0.29) is 6.04 Å². The minimum absolute atomic E-state index is 0.237. The smallest absolute Gasteiger partial charge is 0.211 e. The minimum atomic E-state index is 0.237. The molecule has 166 valence electrons. The van der Waals surface area contributed by atoms with E-state index >= 15 is 0 Å². The third-order valence-corrected chi connectivity index (χ3v) is 6.02. The molecule has 0 radical (unpaired) electrons. The zero-order valence-electron chi connectivity index (χ0n) is 19.5. The van der Waals surface area contributed by atoms with Crippen LogP contribution in [0, 0.1) is 0 Å². The van der Waals surface area contributed by atoms with Crippen LogP contribution in [0.3, 0.4) is 0 Å². The summed E-state index contributed by atoms with van der Waals surface area (Å²) in [4.78, 5) is 14.8. The SMILES string of the molecule is CCCCCCCCCCCCC(CCCCCCCCCCCC)N=C=O. The highest BCUT2D eigenvalue weighted by Gasteiger charge is 2.06. The maximum atomic E-state index is 10.7. The van der Waals surface area contributed by atoms with Gasteiger partial charge in [-0.15, -0.1) is 0 Å². The molecule has 0 aliphatic rings. The Kier molecular flexibility index (Phi) is 23.9. The third-order valence-electron chi connectivity index (χ3n) is 6.02. The van der Waals surface area contributed by atoms with Gasteiger partial charge in [0.05, 0.1) is 6.04 Å². The van der Waals surface area contributed by atoms with Crippen LogP contribution in [0.25, 0.3) is 0 Å². The Bertz CT molecular complexity index is 311. The predicted molar refractivity (Wildman–Crippen MR) is 125 cm³/mol. The third kappa shape index (κ3) is 21.7. The van der Waals surface area contributed by atoms with E-state index in [1.807, 2.05) is 6.08 Å². The summed E-state index contributed by atoms with van der Waals surface area (Å²) in [6.07, 6.45) is 31.3. The second kappa shape index (κ2) is 24.4. The van der Waals surface area contributed by atoms with Gasteiger partial charge in [-0.3, -0.25) is 0 Å². The van der Waals surface area contributed by atoms with Crippen molar-refractivity contribution < 1.29 is 4.79 Å². The lowest BCUT2D eigenvalue weighted by atomic mass is 10.00. The van der Waals surface area contributed by atoms with E-state index in [0.717, 1.165) is 12.8 Å². The zero-order valence-corrected chi connectivity index (χ0v) is 19.5. The van der Waals surface area contributed by atoms with Crippen LogP contribution in [0.15, 0.2) is 4.99 Å². The van der Waals surface area contributed by atoms with E-state index in [1.54, 1.807) is 0 Å². The molecular formula is C26H51NO. The first-order valence-corrected chi connectivity index (χ1v) is 12.9. The average Bonchev–Trinajstić information content (AvgIpc) is 2.70. The first-order chi connectivity index (χ1) is 13.8. The highest BCUT2D eigenvalue weighted by molar-refractivity contribution is 5.33. The van der Waals surface area contributed by atoms with Gasteiger partial charge in [-0.25, -0.2) is 9.79 Å². The Morgan fingerprint density at radius 3 is 1.07 bits per heavy atom. The fraction of sp³-hybridized carbons (Fsp3) is 0.962. The molecule has 28 heavy (non-hydrogen) atoms. The Hall–Kier alpha value is -0.620. The summed E-state index contributed by atoms with van der Waals surface area (Å²) in [7, 11) is 0. The van der Waals surface area contributed by atoms with Gasteiger partial charge in [0.15, 0.2) is 0 Å². The number of nitrogens with zero attached hydrogens (tertiary/aromatic N) is 1. The topological polar surface area (TPSA) is 29.4 Å². The predicted octanol–water partition coefficient (Wildman–Crippen LogP) is 9.31. The molecule has 0 amide bonds. The van der Waals surface area contributed by atoms with Crippen LogP contribution >= 0.6 is 0 Å². The van der Waals surface area contributed by atoms with Crippen molar-refractivity contribution in [3.8, 4) is 0 Å². The molecule has 0 saturated carbocycles. The first kappa shape index (κ1) is 27.4. The molecule has 0 atom stereocenters. The van der Waals surface area contributed by atoms with E-state index in [9.17, 15) is 4.79 Å². The van der Waals surface area contributed by atoms with Crippen LogP contribution in [0.5, 0.6) is 0 Å². The maximum Gasteiger partial charge on any atom is 0.235 e. The standard InChI is InChI=1S/C26H51NO/c1-3-5-7-9-11-13-15-17-19-21-23-26(27-25-28)24-22-20-18-16-14-12-10-8-6-4-2/h26H,3-24H2,1-2H3. The molecule has 0 heterocycles. The molecular weight excluding hydrogens is 342 g/mol. The number of isocyanates is 1. The monoisotopic (exact) mass is 393 g/mol. The summed E-state index contributed by atoms with van der Waals surface area (Å²) in [6, 6.07) is 0.237. The van der Waals surface area contributed by atoms with Crippen LogP contribution in [0.1, 0.15) is 155 Å². The summed E-state index contributed by atoms with van der Waals surface area (Å²) >= 11 is 0. The molecule has 0 bridgehead atoms. The van der Waals surface area contributed by atoms with E-state index in [1.165, 1.54) is 128 Å². The number of aliphatic imine (C=N–C) groups is 1. The van der Waals surface area contributed by atoms with Crippen molar-refractivity contribution in [3.63, 3.8) is 0 Å². The highest BCUT2D eigenvalue weighted by Crippen LogP contribution is 2.17. The van der Waals surface area contributed by atoms with Crippen LogP contribution in [-0.2, 0) is 4.79 Å². The molecule has 0 rings (SSSR count). The molecule has 0 aliphatic heterocycles. The number of hydrogen-bond acceptors (Lipinski definition) is 2. The number of rotatable bonds is 23. The molecule has 0 fully saturated rings. The largest absolute Gasteiger partial charge is 0.235 e. The lowest BCUT2D eigenvalue weighted by Crippen LogP contribution is -2.04.